The maximum absolute atomic E-state index is 5.28. The average Bonchev–Trinajstić information content (AvgIpc) is 3.19. The van der Waals surface area contributed by atoms with Crippen LogP contribution < -0.4 is 4.74 Å². The minimum Gasteiger partial charge on any atom is -0.497 e. The number of aromatic nitrogens is 2. The summed E-state index contributed by atoms with van der Waals surface area (Å²) in [5, 5.41) is 0. The SMILES string of the molecule is COc1ccc(-c2cccc(-c3nc4ccccn4c3-c3ccccc3)c2)cc1. The van der Waals surface area contributed by atoms with Crippen LogP contribution >= 0.6 is 0 Å². The Bertz CT molecular complexity index is 1270. The van der Waals surface area contributed by atoms with Gasteiger partial charge in [0.15, 0.2) is 0 Å². The Morgan fingerprint density at radius 3 is 2.17 bits per heavy atom. The highest BCUT2D eigenvalue weighted by Gasteiger charge is 2.16. The Labute approximate surface area is 169 Å². The molecule has 0 saturated carbocycles. The van der Waals surface area contributed by atoms with Gasteiger partial charge in [0.05, 0.1) is 18.5 Å². The number of hydrogen-bond donors (Lipinski definition) is 0. The van der Waals surface area contributed by atoms with Crippen molar-refractivity contribution in [3.63, 3.8) is 0 Å². The second kappa shape index (κ2) is 7.28. The van der Waals surface area contributed by atoms with Gasteiger partial charge in [-0.1, -0.05) is 66.7 Å². The molecule has 0 saturated heterocycles. The van der Waals surface area contributed by atoms with Crippen molar-refractivity contribution in [1.82, 2.24) is 9.38 Å². The van der Waals surface area contributed by atoms with E-state index in [2.05, 4.69) is 71.3 Å². The molecule has 5 rings (SSSR count). The van der Waals surface area contributed by atoms with E-state index in [1.54, 1.807) is 7.11 Å². The molecule has 0 fully saturated rings. The summed E-state index contributed by atoms with van der Waals surface area (Å²) in [6, 6.07) is 33.2. The van der Waals surface area contributed by atoms with Gasteiger partial charge in [0, 0.05) is 17.3 Å². The van der Waals surface area contributed by atoms with Gasteiger partial charge in [-0.15, -0.1) is 0 Å². The average molecular weight is 376 g/mol. The minimum absolute atomic E-state index is 0.858. The fraction of sp³-hybridized carbons (Fsp3) is 0.0385. The molecule has 0 aliphatic carbocycles. The van der Waals surface area contributed by atoms with E-state index in [4.69, 9.17) is 9.72 Å². The van der Waals surface area contributed by atoms with Gasteiger partial charge in [0.1, 0.15) is 11.4 Å². The third kappa shape index (κ3) is 3.17. The summed E-state index contributed by atoms with van der Waals surface area (Å²) >= 11 is 0. The molecule has 0 amide bonds. The summed E-state index contributed by atoms with van der Waals surface area (Å²) in [6.45, 7) is 0. The molecular weight excluding hydrogens is 356 g/mol. The summed E-state index contributed by atoms with van der Waals surface area (Å²) in [5.74, 6) is 0.858. The van der Waals surface area contributed by atoms with Gasteiger partial charge in [-0.05, 0) is 41.5 Å². The molecule has 0 aliphatic heterocycles. The summed E-state index contributed by atoms with van der Waals surface area (Å²) in [7, 11) is 1.68. The number of rotatable bonds is 4. The van der Waals surface area contributed by atoms with E-state index >= 15 is 0 Å². The first kappa shape index (κ1) is 17.3. The number of nitrogens with zero attached hydrogens (tertiary/aromatic N) is 2. The van der Waals surface area contributed by atoms with Crippen LogP contribution in [0.1, 0.15) is 0 Å². The molecule has 0 radical (unpaired) electrons. The number of pyridine rings is 1. The minimum atomic E-state index is 0.858. The van der Waals surface area contributed by atoms with Crippen LogP contribution in [0.15, 0.2) is 103 Å². The number of benzene rings is 3. The molecule has 0 atom stereocenters. The van der Waals surface area contributed by atoms with Crippen molar-refractivity contribution >= 4 is 5.65 Å². The molecule has 2 aromatic heterocycles. The molecule has 0 aliphatic rings. The van der Waals surface area contributed by atoms with Crippen molar-refractivity contribution in [3.05, 3.63) is 103 Å². The lowest BCUT2D eigenvalue weighted by Gasteiger charge is -2.08. The van der Waals surface area contributed by atoms with Crippen molar-refractivity contribution in [2.45, 2.75) is 0 Å². The van der Waals surface area contributed by atoms with Gasteiger partial charge < -0.3 is 4.74 Å². The molecule has 5 aromatic rings. The van der Waals surface area contributed by atoms with Gasteiger partial charge in [0.25, 0.3) is 0 Å². The van der Waals surface area contributed by atoms with Crippen LogP contribution in [0.5, 0.6) is 5.75 Å². The predicted molar refractivity (Wildman–Crippen MR) is 118 cm³/mol. The Balaban J connectivity index is 1.68. The van der Waals surface area contributed by atoms with Gasteiger partial charge in [-0.2, -0.15) is 0 Å². The van der Waals surface area contributed by atoms with E-state index in [1.165, 1.54) is 0 Å². The Kier molecular flexibility index (Phi) is 4.34. The van der Waals surface area contributed by atoms with Gasteiger partial charge >= 0.3 is 0 Å². The molecular formula is C26H20N2O. The van der Waals surface area contributed by atoms with E-state index in [1.807, 2.05) is 36.4 Å². The quantitative estimate of drug-likeness (QED) is 0.366. The second-order valence-electron chi connectivity index (χ2n) is 6.91. The molecule has 3 nitrogen and oxygen atoms in total. The van der Waals surface area contributed by atoms with E-state index in [0.29, 0.717) is 0 Å². The van der Waals surface area contributed by atoms with E-state index < -0.39 is 0 Å². The zero-order chi connectivity index (χ0) is 19.6. The van der Waals surface area contributed by atoms with E-state index in [9.17, 15) is 0 Å². The number of methoxy groups -OCH3 is 1. The molecule has 0 N–H and O–H groups in total. The first-order valence-corrected chi connectivity index (χ1v) is 9.61. The lowest BCUT2D eigenvalue weighted by molar-refractivity contribution is 0.415. The summed E-state index contributed by atoms with van der Waals surface area (Å²) in [4.78, 5) is 4.96. The van der Waals surface area contributed by atoms with Crippen molar-refractivity contribution in [1.29, 1.82) is 0 Å². The Morgan fingerprint density at radius 1 is 0.655 bits per heavy atom. The molecule has 2 heterocycles. The third-order valence-corrected chi connectivity index (χ3v) is 5.14. The number of ether oxygens (including phenoxy) is 1. The van der Waals surface area contributed by atoms with E-state index in [0.717, 1.165) is 45.0 Å². The number of hydrogen-bond acceptors (Lipinski definition) is 2. The topological polar surface area (TPSA) is 26.5 Å². The lowest BCUT2D eigenvalue weighted by Crippen LogP contribution is -1.89. The van der Waals surface area contributed by atoms with E-state index in [-0.39, 0.29) is 0 Å². The van der Waals surface area contributed by atoms with Gasteiger partial charge in [-0.25, -0.2) is 4.98 Å². The Morgan fingerprint density at radius 2 is 1.38 bits per heavy atom. The number of fused-ring (bicyclic) bond motifs is 1. The van der Waals surface area contributed by atoms with Crippen molar-refractivity contribution in [3.8, 4) is 39.4 Å². The molecule has 140 valence electrons. The normalized spacial score (nSPS) is 10.9. The standard InChI is InChI=1S/C26H20N2O/c1-29-23-15-13-19(14-16-23)21-10-7-11-22(18-21)25-26(20-8-3-2-4-9-20)28-17-6-5-12-24(28)27-25/h2-18H,1H3. The molecule has 3 heteroatoms. The van der Waals surface area contributed by atoms with Crippen LogP contribution in [0, 0.1) is 0 Å². The van der Waals surface area contributed by atoms with Crippen molar-refractivity contribution < 1.29 is 4.74 Å². The van der Waals surface area contributed by atoms with Crippen LogP contribution in [0.25, 0.3) is 39.3 Å². The fourth-order valence-corrected chi connectivity index (χ4v) is 3.70. The smallest absolute Gasteiger partial charge is 0.137 e. The molecule has 29 heavy (non-hydrogen) atoms. The maximum Gasteiger partial charge on any atom is 0.137 e. The van der Waals surface area contributed by atoms with Crippen LogP contribution in [0.2, 0.25) is 0 Å². The van der Waals surface area contributed by atoms with Crippen molar-refractivity contribution in [2.75, 3.05) is 7.11 Å². The van der Waals surface area contributed by atoms with Gasteiger partial charge in [0.2, 0.25) is 0 Å². The van der Waals surface area contributed by atoms with Crippen molar-refractivity contribution in [2.24, 2.45) is 0 Å². The van der Waals surface area contributed by atoms with Crippen LogP contribution in [0.3, 0.4) is 0 Å². The summed E-state index contributed by atoms with van der Waals surface area (Å²) < 4.78 is 7.44. The summed E-state index contributed by atoms with van der Waals surface area (Å²) in [6.07, 6.45) is 2.07. The van der Waals surface area contributed by atoms with Crippen LogP contribution in [-0.4, -0.2) is 16.5 Å². The second-order valence-corrected chi connectivity index (χ2v) is 6.91. The predicted octanol–water partition coefficient (Wildman–Crippen LogP) is 6.34. The molecule has 0 bridgehead atoms. The fourth-order valence-electron chi connectivity index (χ4n) is 3.70. The highest BCUT2D eigenvalue weighted by atomic mass is 16.5. The zero-order valence-corrected chi connectivity index (χ0v) is 16.1. The van der Waals surface area contributed by atoms with Crippen LogP contribution in [0.4, 0.5) is 0 Å². The highest BCUT2D eigenvalue weighted by Crippen LogP contribution is 2.34. The maximum atomic E-state index is 5.28. The zero-order valence-electron chi connectivity index (χ0n) is 16.1. The Hall–Kier alpha value is -3.85. The molecule has 3 aromatic carbocycles. The highest BCUT2D eigenvalue weighted by molar-refractivity contribution is 5.84. The number of imidazole rings is 1. The summed E-state index contributed by atoms with van der Waals surface area (Å²) in [5.41, 5.74) is 7.58. The molecule has 0 unspecified atom stereocenters. The van der Waals surface area contributed by atoms with Crippen LogP contribution in [-0.2, 0) is 0 Å². The van der Waals surface area contributed by atoms with Gasteiger partial charge in [-0.3, -0.25) is 4.40 Å². The first-order chi connectivity index (χ1) is 14.3. The molecule has 0 spiro atoms. The largest absolute Gasteiger partial charge is 0.497 e. The lowest BCUT2D eigenvalue weighted by atomic mass is 9.99. The first-order valence-electron chi connectivity index (χ1n) is 9.61. The monoisotopic (exact) mass is 376 g/mol. The third-order valence-electron chi connectivity index (χ3n) is 5.14.